The second-order valence-corrected chi connectivity index (χ2v) is 6.06. The van der Waals surface area contributed by atoms with E-state index in [-0.39, 0.29) is 48.1 Å². The van der Waals surface area contributed by atoms with Crippen molar-refractivity contribution in [1.82, 2.24) is 15.1 Å². The summed E-state index contributed by atoms with van der Waals surface area (Å²) >= 11 is 0. The molecule has 118 valence electrons. The fraction of sp³-hybridized carbons (Fsp3) is 0.600. The Bertz CT molecular complexity index is 539. The van der Waals surface area contributed by atoms with Crippen molar-refractivity contribution in [3.63, 3.8) is 0 Å². The van der Waals surface area contributed by atoms with Gasteiger partial charge in [0.1, 0.15) is 0 Å². The van der Waals surface area contributed by atoms with Crippen molar-refractivity contribution >= 4 is 23.6 Å². The predicted molar refractivity (Wildman–Crippen MR) is 76.3 cm³/mol. The highest BCUT2D eigenvalue weighted by molar-refractivity contribution is 6.06. The Hall–Kier alpha value is -2.18. The molecule has 0 spiro atoms. The molecule has 22 heavy (non-hydrogen) atoms. The minimum Gasteiger partial charge on any atom is -0.347 e. The molecule has 0 aromatic carbocycles. The van der Waals surface area contributed by atoms with Crippen LogP contribution in [0.4, 0.5) is 0 Å². The molecule has 2 atom stereocenters. The Balaban J connectivity index is 1.57. The predicted octanol–water partition coefficient (Wildman–Crippen LogP) is -0.715. The number of carbonyl (C=O) groups is 4. The number of allylic oxidation sites excluding steroid dienone is 2. The van der Waals surface area contributed by atoms with Crippen molar-refractivity contribution in [2.24, 2.45) is 11.8 Å². The van der Waals surface area contributed by atoms with Gasteiger partial charge >= 0.3 is 0 Å². The maximum absolute atomic E-state index is 12.4. The van der Waals surface area contributed by atoms with Crippen molar-refractivity contribution in [3.8, 4) is 0 Å². The lowest BCUT2D eigenvalue weighted by molar-refractivity contribution is -0.152. The molecule has 3 rings (SSSR count). The highest BCUT2D eigenvalue weighted by Crippen LogP contribution is 2.37. The number of nitrogens with one attached hydrogen (secondary N) is 1. The summed E-state index contributed by atoms with van der Waals surface area (Å²) in [6.45, 7) is 2.04. The molecule has 0 saturated carbocycles. The average molecular weight is 305 g/mol. The topological polar surface area (TPSA) is 86.8 Å². The third-order valence-corrected chi connectivity index (χ3v) is 4.61. The molecule has 0 aromatic rings. The zero-order chi connectivity index (χ0) is 15.9. The van der Waals surface area contributed by atoms with Gasteiger partial charge in [-0.1, -0.05) is 12.2 Å². The summed E-state index contributed by atoms with van der Waals surface area (Å²) in [7, 11) is 0. The summed E-state index contributed by atoms with van der Waals surface area (Å²) in [5, 5.41) is 2.45. The first-order chi connectivity index (χ1) is 10.5. The number of imide groups is 1. The third-order valence-electron chi connectivity index (χ3n) is 4.61. The normalized spacial score (nSPS) is 27.7. The van der Waals surface area contributed by atoms with Crippen molar-refractivity contribution in [2.75, 3.05) is 19.6 Å². The maximum Gasteiger partial charge on any atom is 0.242 e. The van der Waals surface area contributed by atoms with Crippen molar-refractivity contribution in [3.05, 3.63) is 12.2 Å². The number of amides is 4. The van der Waals surface area contributed by atoms with Gasteiger partial charge in [-0.15, -0.1) is 0 Å². The van der Waals surface area contributed by atoms with Crippen LogP contribution in [0.3, 0.4) is 0 Å². The molecule has 7 heteroatoms. The van der Waals surface area contributed by atoms with Crippen LogP contribution in [0.15, 0.2) is 12.2 Å². The van der Waals surface area contributed by atoms with E-state index in [1.54, 1.807) is 4.90 Å². The van der Waals surface area contributed by atoms with Crippen LogP contribution < -0.4 is 5.32 Å². The maximum atomic E-state index is 12.4. The molecule has 2 unspecified atom stereocenters. The number of nitrogens with zero attached hydrogens (tertiary/aromatic N) is 2. The van der Waals surface area contributed by atoms with Gasteiger partial charge in [0.15, 0.2) is 0 Å². The van der Waals surface area contributed by atoms with Gasteiger partial charge in [0.05, 0.1) is 24.4 Å². The molecule has 1 N–H and O–H groups in total. The quantitative estimate of drug-likeness (QED) is 0.551. The lowest BCUT2D eigenvalue weighted by Gasteiger charge is -2.43. The molecule has 1 aliphatic carbocycles. The van der Waals surface area contributed by atoms with E-state index in [9.17, 15) is 19.2 Å². The molecule has 7 nitrogen and oxygen atoms in total. The van der Waals surface area contributed by atoms with E-state index in [1.165, 1.54) is 11.8 Å². The zero-order valence-corrected chi connectivity index (χ0v) is 12.4. The van der Waals surface area contributed by atoms with Gasteiger partial charge in [-0.3, -0.25) is 24.1 Å². The Morgan fingerprint density at radius 2 is 1.68 bits per heavy atom. The van der Waals surface area contributed by atoms with E-state index >= 15 is 0 Å². The second-order valence-electron chi connectivity index (χ2n) is 6.06. The second kappa shape index (κ2) is 5.55. The van der Waals surface area contributed by atoms with Crippen LogP contribution in [0.2, 0.25) is 0 Å². The minimum absolute atomic E-state index is 0.0425. The van der Waals surface area contributed by atoms with E-state index < -0.39 is 0 Å². The minimum atomic E-state index is -0.258. The molecule has 2 aliphatic heterocycles. The Morgan fingerprint density at radius 1 is 1.14 bits per heavy atom. The Labute approximate surface area is 128 Å². The highest BCUT2D eigenvalue weighted by atomic mass is 16.2. The molecule has 4 amide bonds. The van der Waals surface area contributed by atoms with Gasteiger partial charge in [-0.25, -0.2) is 0 Å². The highest BCUT2D eigenvalue weighted by Gasteiger charge is 2.52. The van der Waals surface area contributed by atoms with Gasteiger partial charge in [-0.2, -0.15) is 0 Å². The van der Waals surface area contributed by atoms with E-state index in [2.05, 4.69) is 5.32 Å². The number of hydrogen-bond acceptors (Lipinski definition) is 4. The van der Waals surface area contributed by atoms with Gasteiger partial charge in [0.2, 0.25) is 23.6 Å². The molecule has 2 heterocycles. The summed E-state index contributed by atoms with van der Waals surface area (Å²) < 4.78 is 0. The molecule has 2 fully saturated rings. The summed E-state index contributed by atoms with van der Waals surface area (Å²) in [5.41, 5.74) is 0. The standard InChI is InChI=1S/C15H19N3O4/c1-9(19)16-6-13(20)17-7-10(8-17)18-14(21)11-4-2-3-5-12(11)15(18)22/h2-3,10-12H,4-8H2,1H3,(H,16,19). The van der Waals surface area contributed by atoms with Crippen LogP contribution in [-0.4, -0.2) is 59.1 Å². The van der Waals surface area contributed by atoms with Crippen LogP contribution in [0, 0.1) is 11.8 Å². The van der Waals surface area contributed by atoms with E-state index in [0.29, 0.717) is 25.9 Å². The fourth-order valence-corrected chi connectivity index (χ4v) is 3.32. The van der Waals surface area contributed by atoms with E-state index in [4.69, 9.17) is 0 Å². The van der Waals surface area contributed by atoms with Gasteiger partial charge in [0, 0.05) is 20.0 Å². The van der Waals surface area contributed by atoms with E-state index in [0.717, 1.165) is 0 Å². The summed E-state index contributed by atoms with van der Waals surface area (Å²) in [4.78, 5) is 50.3. The number of carbonyl (C=O) groups excluding carboxylic acids is 4. The molecular weight excluding hydrogens is 286 g/mol. The van der Waals surface area contributed by atoms with E-state index in [1.807, 2.05) is 12.2 Å². The largest absolute Gasteiger partial charge is 0.347 e. The zero-order valence-electron chi connectivity index (χ0n) is 12.4. The van der Waals surface area contributed by atoms with Crippen molar-refractivity contribution in [2.45, 2.75) is 25.8 Å². The average Bonchev–Trinajstić information content (AvgIpc) is 2.69. The summed E-state index contributed by atoms with van der Waals surface area (Å²) in [6, 6.07) is -0.216. The van der Waals surface area contributed by atoms with Crippen molar-refractivity contribution in [1.29, 1.82) is 0 Å². The monoisotopic (exact) mass is 305 g/mol. The molecule has 0 radical (unpaired) electrons. The van der Waals surface area contributed by atoms with Crippen LogP contribution in [0.5, 0.6) is 0 Å². The Morgan fingerprint density at radius 3 is 2.18 bits per heavy atom. The first-order valence-electron chi connectivity index (χ1n) is 7.53. The lowest BCUT2D eigenvalue weighted by Crippen LogP contribution is -2.63. The van der Waals surface area contributed by atoms with Crippen molar-refractivity contribution < 1.29 is 19.2 Å². The number of fused-ring (bicyclic) bond motifs is 1. The SMILES string of the molecule is CC(=O)NCC(=O)N1CC(N2C(=O)C3CC=CCC3C2=O)C1. The first kappa shape index (κ1) is 14.7. The third kappa shape index (κ3) is 2.40. The molecular formula is C15H19N3O4. The smallest absolute Gasteiger partial charge is 0.242 e. The van der Waals surface area contributed by atoms with Crippen LogP contribution >= 0.6 is 0 Å². The molecule has 2 saturated heterocycles. The number of rotatable bonds is 3. The molecule has 0 bridgehead atoms. The van der Waals surface area contributed by atoms with Gasteiger partial charge < -0.3 is 10.2 Å². The fourth-order valence-electron chi connectivity index (χ4n) is 3.32. The summed E-state index contributed by atoms with van der Waals surface area (Å²) in [6.07, 6.45) is 5.17. The van der Waals surface area contributed by atoms with Crippen LogP contribution in [0.25, 0.3) is 0 Å². The molecule has 3 aliphatic rings. The summed E-state index contributed by atoms with van der Waals surface area (Å²) in [5.74, 6) is -1.09. The molecule has 0 aromatic heterocycles. The number of hydrogen-bond donors (Lipinski definition) is 1. The lowest BCUT2D eigenvalue weighted by atomic mass is 9.85. The van der Waals surface area contributed by atoms with Gasteiger partial charge in [-0.05, 0) is 12.8 Å². The van der Waals surface area contributed by atoms with Crippen LogP contribution in [-0.2, 0) is 19.2 Å². The van der Waals surface area contributed by atoms with Gasteiger partial charge in [0.25, 0.3) is 0 Å². The Kier molecular flexibility index (Phi) is 3.72. The van der Waals surface area contributed by atoms with Crippen LogP contribution in [0.1, 0.15) is 19.8 Å². The first-order valence-corrected chi connectivity index (χ1v) is 7.53. The number of likely N-dealkylation sites (tertiary alicyclic amines) is 2.